The molecule has 0 spiro atoms. The first-order valence-electron chi connectivity index (χ1n) is 6.35. The summed E-state index contributed by atoms with van der Waals surface area (Å²) in [6, 6.07) is 9.81. The van der Waals surface area contributed by atoms with Crippen LogP contribution in [0, 0.1) is 0 Å². The van der Waals surface area contributed by atoms with Crippen LogP contribution in [0.15, 0.2) is 46.3 Å². The van der Waals surface area contributed by atoms with Crippen molar-refractivity contribution in [3.05, 3.63) is 36.5 Å². The predicted octanol–water partition coefficient (Wildman–Crippen LogP) is 2.68. The third kappa shape index (κ3) is 2.97. The molecule has 0 saturated carbocycles. The molecule has 1 aliphatic rings. The van der Waals surface area contributed by atoms with Crippen LogP contribution in [0.1, 0.15) is 6.42 Å². The summed E-state index contributed by atoms with van der Waals surface area (Å²) >= 11 is 1.63. The summed E-state index contributed by atoms with van der Waals surface area (Å²) in [7, 11) is 0. The van der Waals surface area contributed by atoms with Gasteiger partial charge in [0, 0.05) is 22.4 Å². The lowest BCUT2D eigenvalue weighted by atomic mass is 10.3. The van der Waals surface area contributed by atoms with Crippen LogP contribution in [0.4, 0.5) is 5.82 Å². The van der Waals surface area contributed by atoms with Crippen molar-refractivity contribution in [1.82, 2.24) is 4.98 Å². The van der Waals surface area contributed by atoms with Crippen molar-refractivity contribution in [1.29, 1.82) is 0 Å². The molecule has 2 heterocycles. The van der Waals surface area contributed by atoms with Crippen molar-refractivity contribution in [2.45, 2.75) is 16.2 Å². The van der Waals surface area contributed by atoms with Gasteiger partial charge >= 0.3 is 0 Å². The van der Waals surface area contributed by atoms with Crippen LogP contribution in [0.2, 0.25) is 0 Å². The molecule has 1 aliphatic heterocycles. The Hall–Kier alpha value is -1.92. The summed E-state index contributed by atoms with van der Waals surface area (Å²) in [6.07, 6.45) is 2.63. The second kappa shape index (κ2) is 6.02. The first-order valence-corrected chi connectivity index (χ1v) is 7.17. The fourth-order valence-electron chi connectivity index (χ4n) is 1.90. The lowest BCUT2D eigenvalue weighted by Gasteiger charge is -2.09. The Morgan fingerprint density at radius 1 is 1.05 bits per heavy atom. The number of rotatable bonds is 3. The van der Waals surface area contributed by atoms with Gasteiger partial charge in [0.2, 0.25) is 0 Å². The van der Waals surface area contributed by atoms with Gasteiger partial charge in [-0.25, -0.2) is 10.8 Å². The molecule has 3 rings (SSSR count). The molecule has 0 fully saturated rings. The molecule has 6 heteroatoms. The Morgan fingerprint density at radius 3 is 2.70 bits per heavy atom. The Labute approximate surface area is 121 Å². The predicted molar refractivity (Wildman–Crippen MR) is 78.2 cm³/mol. The van der Waals surface area contributed by atoms with Crippen molar-refractivity contribution in [2.24, 2.45) is 5.84 Å². The van der Waals surface area contributed by atoms with Crippen LogP contribution in [-0.4, -0.2) is 18.2 Å². The molecule has 0 radical (unpaired) electrons. The third-order valence-corrected chi connectivity index (χ3v) is 3.81. The number of fused-ring (bicyclic) bond motifs is 1. The molecule has 2 aromatic rings. The number of ether oxygens (including phenoxy) is 2. The molecule has 0 bridgehead atoms. The quantitative estimate of drug-likeness (QED) is 0.669. The highest BCUT2D eigenvalue weighted by Crippen LogP contribution is 2.36. The maximum absolute atomic E-state index is 5.69. The summed E-state index contributed by atoms with van der Waals surface area (Å²) < 4.78 is 11.3. The first-order chi connectivity index (χ1) is 9.85. The Balaban J connectivity index is 1.82. The maximum atomic E-state index is 5.69. The number of hydrogen-bond acceptors (Lipinski definition) is 6. The molecule has 0 atom stereocenters. The number of nitrogen functional groups attached to an aromatic ring is 1. The molecule has 0 amide bonds. The molecular formula is C14H15N3O2S. The molecule has 0 unspecified atom stereocenters. The summed E-state index contributed by atoms with van der Waals surface area (Å²) in [5, 5.41) is 0. The minimum absolute atomic E-state index is 0.643. The molecule has 0 aliphatic carbocycles. The van der Waals surface area contributed by atoms with E-state index in [1.807, 2.05) is 30.3 Å². The van der Waals surface area contributed by atoms with Crippen molar-refractivity contribution in [3.8, 4) is 11.5 Å². The van der Waals surface area contributed by atoms with E-state index in [9.17, 15) is 0 Å². The minimum Gasteiger partial charge on any atom is -0.490 e. The van der Waals surface area contributed by atoms with Crippen molar-refractivity contribution in [3.63, 3.8) is 0 Å². The number of nitrogens with zero attached hydrogens (tertiary/aromatic N) is 1. The third-order valence-electron chi connectivity index (χ3n) is 2.83. The van der Waals surface area contributed by atoms with Gasteiger partial charge in [-0.3, -0.25) is 0 Å². The molecule has 1 aromatic heterocycles. The smallest absolute Gasteiger partial charge is 0.162 e. The van der Waals surface area contributed by atoms with Crippen LogP contribution in [0.5, 0.6) is 11.5 Å². The molecule has 0 saturated heterocycles. The van der Waals surface area contributed by atoms with E-state index in [0.29, 0.717) is 19.0 Å². The van der Waals surface area contributed by atoms with Gasteiger partial charge in [0.15, 0.2) is 11.5 Å². The molecule has 20 heavy (non-hydrogen) atoms. The highest BCUT2D eigenvalue weighted by atomic mass is 32.2. The highest BCUT2D eigenvalue weighted by molar-refractivity contribution is 7.99. The van der Waals surface area contributed by atoms with Crippen molar-refractivity contribution >= 4 is 17.6 Å². The van der Waals surface area contributed by atoms with Gasteiger partial charge in [-0.1, -0.05) is 11.8 Å². The molecule has 104 valence electrons. The van der Waals surface area contributed by atoms with Crippen molar-refractivity contribution in [2.75, 3.05) is 18.6 Å². The van der Waals surface area contributed by atoms with Crippen LogP contribution < -0.4 is 20.7 Å². The first kappa shape index (κ1) is 13.1. The van der Waals surface area contributed by atoms with Gasteiger partial charge in [0.05, 0.1) is 13.2 Å². The monoisotopic (exact) mass is 289 g/mol. The Morgan fingerprint density at radius 2 is 1.85 bits per heavy atom. The van der Waals surface area contributed by atoms with E-state index in [4.69, 9.17) is 15.3 Å². The van der Waals surface area contributed by atoms with E-state index in [1.165, 1.54) is 0 Å². The van der Waals surface area contributed by atoms with E-state index in [-0.39, 0.29) is 0 Å². The number of aromatic nitrogens is 1. The second-order valence-corrected chi connectivity index (χ2v) is 5.43. The van der Waals surface area contributed by atoms with Crippen molar-refractivity contribution < 1.29 is 9.47 Å². The fourth-order valence-corrected chi connectivity index (χ4v) is 2.77. The van der Waals surface area contributed by atoms with Gasteiger partial charge in [-0.2, -0.15) is 0 Å². The van der Waals surface area contributed by atoms with Gasteiger partial charge in [-0.05, 0) is 30.3 Å². The number of pyridine rings is 1. The number of nitrogens with two attached hydrogens (primary N) is 1. The normalized spacial score (nSPS) is 13.7. The van der Waals surface area contributed by atoms with E-state index < -0.39 is 0 Å². The van der Waals surface area contributed by atoms with Crippen LogP contribution >= 0.6 is 11.8 Å². The lowest BCUT2D eigenvalue weighted by Crippen LogP contribution is -2.07. The number of anilines is 1. The Bertz CT molecular complexity index is 607. The van der Waals surface area contributed by atoms with E-state index in [2.05, 4.69) is 10.4 Å². The molecule has 3 N–H and O–H groups in total. The van der Waals surface area contributed by atoms with E-state index >= 15 is 0 Å². The van der Waals surface area contributed by atoms with Crippen LogP contribution in [-0.2, 0) is 0 Å². The highest BCUT2D eigenvalue weighted by Gasteiger charge is 2.11. The average molecular weight is 289 g/mol. The van der Waals surface area contributed by atoms with Gasteiger partial charge < -0.3 is 14.9 Å². The Kier molecular flexibility index (Phi) is 3.94. The zero-order valence-electron chi connectivity index (χ0n) is 10.8. The number of nitrogens with one attached hydrogen (secondary N) is 1. The van der Waals surface area contributed by atoms with Gasteiger partial charge in [-0.15, -0.1) is 0 Å². The second-order valence-electron chi connectivity index (χ2n) is 4.28. The van der Waals surface area contributed by atoms with Crippen LogP contribution in [0.25, 0.3) is 0 Å². The van der Waals surface area contributed by atoms with E-state index in [0.717, 1.165) is 27.7 Å². The molecular weight excluding hydrogens is 274 g/mol. The molecule has 1 aromatic carbocycles. The van der Waals surface area contributed by atoms with Gasteiger partial charge in [0.1, 0.15) is 5.82 Å². The summed E-state index contributed by atoms with van der Waals surface area (Å²) in [5.74, 6) is 7.62. The fraction of sp³-hybridized carbons (Fsp3) is 0.214. The number of hydrazine groups is 1. The van der Waals surface area contributed by atoms with Gasteiger partial charge in [0.25, 0.3) is 0 Å². The number of hydrogen-bond donors (Lipinski definition) is 2. The summed E-state index contributed by atoms with van der Waals surface area (Å²) in [4.78, 5) is 6.23. The number of benzene rings is 1. The zero-order chi connectivity index (χ0) is 13.8. The standard InChI is InChI=1S/C14H15N3O2S/c15-17-14-9-11(4-5-16-14)20-10-2-3-12-13(8-10)19-7-1-6-18-12/h2-5,8-9H,1,6-7,15H2,(H,16,17). The lowest BCUT2D eigenvalue weighted by molar-refractivity contribution is 0.297. The van der Waals surface area contributed by atoms with E-state index in [1.54, 1.807) is 18.0 Å². The average Bonchev–Trinajstić information content (AvgIpc) is 2.72. The SMILES string of the molecule is NNc1cc(Sc2ccc3c(c2)OCCCO3)ccn1. The van der Waals surface area contributed by atoms with Crippen LogP contribution in [0.3, 0.4) is 0 Å². The molecule has 5 nitrogen and oxygen atoms in total. The summed E-state index contributed by atoms with van der Waals surface area (Å²) in [5.41, 5.74) is 2.54. The maximum Gasteiger partial charge on any atom is 0.162 e. The topological polar surface area (TPSA) is 69.4 Å². The largest absolute Gasteiger partial charge is 0.490 e. The minimum atomic E-state index is 0.643. The summed E-state index contributed by atoms with van der Waals surface area (Å²) in [6.45, 7) is 1.40. The zero-order valence-corrected chi connectivity index (χ0v) is 11.7.